The summed E-state index contributed by atoms with van der Waals surface area (Å²) in [5, 5.41) is 5.74. The van der Waals surface area contributed by atoms with Gasteiger partial charge >= 0.3 is 6.03 Å². The van der Waals surface area contributed by atoms with Crippen molar-refractivity contribution >= 4 is 27.9 Å². The van der Waals surface area contributed by atoms with E-state index in [1.54, 1.807) is 0 Å². The summed E-state index contributed by atoms with van der Waals surface area (Å²) in [6.07, 6.45) is 1.15. The Morgan fingerprint density at radius 1 is 1.30 bits per heavy atom. The van der Waals surface area contributed by atoms with Crippen LogP contribution in [0.5, 0.6) is 0 Å². The third-order valence-electron chi connectivity index (χ3n) is 3.88. The van der Waals surface area contributed by atoms with Crippen molar-refractivity contribution in [3.63, 3.8) is 0 Å². The van der Waals surface area contributed by atoms with Gasteiger partial charge in [-0.15, -0.1) is 0 Å². The summed E-state index contributed by atoms with van der Waals surface area (Å²) in [5.74, 6) is 0.0951. The van der Waals surface area contributed by atoms with Gasteiger partial charge in [-0.05, 0) is 44.9 Å². The van der Waals surface area contributed by atoms with Crippen LogP contribution in [-0.2, 0) is 11.2 Å². The molecular formula is C17H24BrN3O2. The van der Waals surface area contributed by atoms with Crippen LogP contribution in [0.4, 0.5) is 4.79 Å². The highest BCUT2D eigenvalue weighted by Gasteiger charge is 2.36. The minimum absolute atomic E-state index is 0.0951. The molecule has 23 heavy (non-hydrogen) atoms. The number of carbonyl (C=O) groups is 2. The SMILES string of the molecule is CC(C)(C)N1CC(NC(=O)NCCc2ccc(Br)cc2)CC1=O. The molecule has 0 spiro atoms. The first-order valence-electron chi connectivity index (χ1n) is 7.85. The molecule has 2 rings (SSSR count). The van der Waals surface area contributed by atoms with E-state index in [1.807, 2.05) is 49.9 Å². The summed E-state index contributed by atoms with van der Waals surface area (Å²) in [6, 6.07) is 7.70. The van der Waals surface area contributed by atoms with Crippen LogP contribution < -0.4 is 10.6 Å². The van der Waals surface area contributed by atoms with Gasteiger partial charge in [-0.3, -0.25) is 4.79 Å². The largest absolute Gasteiger partial charge is 0.338 e. The molecule has 1 atom stereocenters. The van der Waals surface area contributed by atoms with Crippen LogP contribution in [0.1, 0.15) is 32.8 Å². The second kappa shape index (κ2) is 7.34. The van der Waals surface area contributed by atoms with E-state index in [9.17, 15) is 9.59 Å². The molecule has 1 aliphatic rings. The predicted octanol–water partition coefficient (Wildman–Crippen LogP) is 2.69. The van der Waals surface area contributed by atoms with Gasteiger partial charge < -0.3 is 15.5 Å². The van der Waals surface area contributed by atoms with E-state index in [0.29, 0.717) is 19.5 Å². The molecule has 1 fully saturated rings. The third-order valence-corrected chi connectivity index (χ3v) is 4.41. The van der Waals surface area contributed by atoms with E-state index in [4.69, 9.17) is 0 Å². The zero-order valence-electron chi connectivity index (χ0n) is 13.9. The highest BCUT2D eigenvalue weighted by Crippen LogP contribution is 2.21. The summed E-state index contributed by atoms with van der Waals surface area (Å²) >= 11 is 3.40. The Kier molecular flexibility index (Phi) is 5.68. The molecule has 0 saturated carbocycles. The average Bonchev–Trinajstić information content (AvgIpc) is 2.82. The first kappa shape index (κ1) is 17.8. The molecule has 1 heterocycles. The number of rotatable bonds is 4. The average molecular weight is 382 g/mol. The zero-order chi connectivity index (χ0) is 17.0. The Balaban J connectivity index is 1.73. The van der Waals surface area contributed by atoms with Gasteiger partial charge in [-0.1, -0.05) is 28.1 Å². The third kappa shape index (κ3) is 5.23. The molecule has 126 valence electrons. The van der Waals surface area contributed by atoms with Crippen LogP contribution in [0.3, 0.4) is 0 Å². The summed E-state index contributed by atoms with van der Waals surface area (Å²) in [5.41, 5.74) is 0.967. The molecule has 0 radical (unpaired) electrons. The Morgan fingerprint density at radius 2 is 1.96 bits per heavy atom. The quantitative estimate of drug-likeness (QED) is 0.841. The molecule has 0 aliphatic carbocycles. The number of carbonyl (C=O) groups excluding carboxylic acids is 2. The van der Waals surface area contributed by atoms with Crippen molar-refractivity contribution in [3.05, 3.63) is 34.3 Å². The second-order valence-electron chi connectivity index (χ2n) is 6.85. The van der Waals surface area contributed by atoms with Gasteiger partial charge in [0.1, 0.15) is 0 Å². The number of nitrogens with one attached hydrogen (secondary N) is 2. The Bertz CT molecular complexity index is 566. The lowest BCUT2D eigenvalue weighted by Gasteiger charge is -2.32. The van der Waals surface area contributed by atoms with Crippen LogP contribution in [0, 0.1) is 0 Å². The molecule has 1 aromatic rings. The first-order valence-corrected chi connectivity index (χ1v) is 8.64. The number of halogens is 1. The molecule has 1 aliphatic heterocycles. The van der Waals surface area contributed by atoms with Crippen LogP contribution in [0.15, 0.2) is 28.7 Å². The fourth-order valence-electron chi connectivity index (χ4n) is 2.66. The standard InChI is InChI=1S/C17H24BrN3O2/c1-17(2,3)21-11-14(10-15(21)22)20-16(23)19-9-8-12-4-6-13(18)7-5-12/h4-7,14H,8-11H2,1-3H3,(H2,19,20,23). The minimum Gasteiger partial charge on any atom is -0.338 e. The highest BCUT2D eigenvalue weighted by molar-refractivity contribution is 9.10. The van der Waals surface area contributed by atoms with Gasteiger partial charge in [-0.2, -0.15) is 0 Å². The lowest BCUT2D eigenvalue weighted by molar-refractivity contribution is -0.131. The van der Waals surface area contributed by atoms with E-state index >= 15 is 0 Å². The van der Waals surface area contributed by atoms with Crippen LogP contribution >= 0.6 is 15.9 Å². The van der Waals surface area contributed by atoms with Gasteiger partial charge in [0.25, 0.3) is 0 Å². The van der Waals surface area contributed by atoms with Crippen molar-refractivity contribution in [1.82, 2.24) is 15.5 Å². The lowest BCUT2D eigenvalue weighted by atomic mass is 10.1. The summed E-state index contributed by atoms with van der Waals surface area (Å²) in [4.78, 5) is 25.8. The van der Waals surface area contributed by atoms with Crippen molar-refractivity contribution < 1.29 is 9.59 Å². The van der Waals surface area contributed by atoms with E-state index in [-0.39, 0.29) is 23.5 Å². The van der Waals surface area contributed by atoms with E-state index in [0.717, 1.165) is 10.9 Å². The zero-order valence-corrected chi connectivity index (χ0v) is 15.4. The minimum atomic E-state index is -0.212. The van der Waals surface area contributed by atoms with Crippen molar-refractivity contribution in [2.24, 2.45) is 0 Å². The maximum absolute atomic E-state index is 12.0. The summed E-state index contributed by atoms with van der Waals surface area (Å²) in [6.45, 7) is 7.16. The second-order valence-corrected chi connectivity index (χ2v) is 7.77. The molecule has 0 bridgehead atoms. The summed E-state index contributed by atoms with van der Waals surface area (Å²) < 4.78 is 1.04. The highest BCUT2D eigenvalue weighted by atomic mass is 79.9. The predicted molar refractivity (Wildman–Crippen MR) is 94.3 cm³/mol. The Morgan fingerprint density at radius 3 is 2.52 bits per heavy atom. The first-order chi connectivity index (χ1) is 10.8. The molecule has 5 nitrogen and oxygen atoms in total. The van der Waals surface area contributed by atoms with Crippen molar-refractivity contribution in [3.8, 4) is 0 Å². The van der Waals surface area contributed by atoms with Crippen molar-refractivity contribution in [2.45, 2.75) is 45.2 Å². The Labute approximate surface area is 145 Å². The fraction of sp³-hybridized carbons (Fsp3) is 0.529. The molecular weight excluding hydrogens is 358 g/mol. The molecule has 1 aromatic carbocycles. The number of urea groups is 1. The van der Waals surface area contributed by atoms with Crippen molar-refractivity contribution in [2.75, 3.05) is 13.1 Å². The van der Waals surface area contributed by atoms with Crippen LogP contribution in [0.25, 0.3) is 0 Å². The number of hydrogen-bond donors (Lipinski definition) is 2. The smallest absolute Gasteiger partial charge is 0.315 e. The number of hydrogen-bond acceptors (Lipinski definition) is 2. The molecule has 3 amide bonds. The molecule has 1 unspecified atom stereocenters. The van der Waals surface area contributed by atoms with E-state index < -0.39 is 0 Å². The van der Waals surface area contributed by atoms with E-state index in [1.165, 1.54) is 5.56 Å². The lowest BCUT2D eigenvalue weighted by Crippen LogP contribution is -2.46. The number of amides is 3. The van der Waals surface area contributed by atoms with E-state index in [2.05, 4.69) is 26.6 Å². The fourth-order valence-corrected chi connectivity index (χ4v) is 2.92. The van der Waals surface area contributed by atoms with Crippen LogP contribution in [0.2, 0.25) is 0 Å². The topological polar surface area (TPSA) is 61.4 Å². The molecule has 0 aromatic heterocycles. The molecule has 6 heteroatoms. The Hall–Kier alpha value is -1.56. The number of nitrogens with zero attached hydrogens (tertiary/aromatic N) is 1. The number of benzene rings is 1. The molecule has 1 saturated heterocycles. The van der Waals surface area contributed by atoms with Crippen LogP contribution in [-0.4, -0.2) is 41.5 Å². The summed E-state index contributed by atoms with van der Waals surface area (Å²) in [7, 11) is 0. The van der Waals surface area contributed by atoms with Gasteiger partial charge in [-0.25, -0.2) is 4.79 Å². The number of likely N-dealkylation sites (tertiary alicyclic amines) is 1. The van der Waals surface area contributed by atoms with Gasteiger partial charge in [0.15, 0.2) is 0 Å². The van der Waals surface area contributed by atoms with Gasteiger partial charge in [0.2, 0.25) is 5.91 Å². The maximum atomic E-state index is 12.0. The van der Waals surface area contributed by atoms with Gasteiger partial charge in [0.05, 0.1) is 6.04 Å². The van der Waals surface area contributed by atoms with Crippen molar-refractivity contribution in [1.29, 1.82) is 0 Å². The normalized spacial score (nSPS) is 18.2. The monoisotopic (exact) mass is 381 g/mol. The maximum Gasteiger partial charge on any atom is 0.315 e. The van der Waals surface area contributed by atoms with Gasteiger partial charge in [0, 0.05) is 29.5 Å². The molecule has 2 N–H and O–H groups in total.